The third-order valence-electron chi connectivity index (χ3n) is 4.59. The third kappa shape index (κ3) is 3.62. The van der Waals surface area contributed by atoms with Gasteiger partial charge >= 0.3 is 0 Å². The summed E-state index contributed by atoms with van der Waals surface area (Å²) in [4.78, 5) is 8.24. The second-order valence-electron chi connectivity index (χ2n) is 6.25. The second-order valence-corrected chi connectivity index (χ2v) is 7.20. The molecule has 5 heteroatoms. The van der Waals surface area contributed by atoms with Crippen LogP contribution in [0.1, 0.15) is 37.1 Å². The first-order chi connectivity index (χ1) is 12.3. The van der Waals surface area contributed by atoms with Gasteiger partial charge in [-0.25, -0.2) is 4.98 Å². The van der Waals surface area contributed by atoms with Crippen LogP contribution in [-0.4, -0.2) is 23.0 Å². The molecule has 1 aromatic carbocycles. The van der Waals surface area contributed by atoms with E-state index in [2.05, 4.69) is 34.1 Å². The summed E-state index contributed by atoms with van der Waals surface area (Å²) >= 11 is 1.65. The molecule has 1 saturated heterocycles. The number of benzene rings is 1. The van der Waals surface area contributed by atoms with Crippen LogP contribution in [0.25, 0.3) is 10.8 Å². The molecule has 0 bridgehead atoms. The van der Waals surface area contributed by atoms with Crippen molar-refractivity contribution in [1.82, 2.24) is 9.88 Å². The molecule has 4 rings (SSSR count). The van der Waals surface area contributed by atoms with Crippen molar-refractivity contribution in [1.29, 1.82) is 0 Å². The Hall–Kier alpha value is -2.11. The molecule has 1 fully saturated rings. The zero-order chi connectivity index (χ0) is 17.1. The minimum atomic E-state index is 0.442. The molecule has 130 valence electrons. The molecule has 4 nitrogen and oxygen atoms in total. The Morgan fingerprint density at radius 1 is 1.28 bits per heavy atom. The maximum Gasteiger partial charge on any atom is 0.236 e. The zero-order valence-corrected chi connectivity index (χ0v) is 15.2. The normalized spacial score (nSPS) is 17.9. The van der Waals surface area contributed by atoms with Gasteiger partial charge in [-0.1, -0.05) is 18.2 Å². The average Bonchev–Trinajstić information content (AvgIpc) is 3.38. The van der Waals surface area contributed by atoms with Crippen molar-refractivity contribution < 1.29 is 9.15 Å². The van der Waals surface area contributed by atoms with Crippen molar-refractivity contribution in [3.8, 4) is 16.5 Å². The highest BCUT2D eigenvalue weighted by atomic mass is 32.1. The summed E-state index contributed by atoms with van der Waals surface area (Å²) < 4.78 is 11.2. The van der Waals surface area contributed by atoms with E-state index in [4.69, 9.17) is 9.15 Å². The van der Waals surface area contributed by atoms with Gasteiger partial charge in [0.05, 0.1) is 17.2 Å². The van der Waals surface area contributed by atoms with Gasteiger partial charge in [0.15, 0.2) is 0 Å². The Balaban J connectivity index is 1.46. The van der Waals surface area contributed by atoms with Crippen molar-refractivity contribution >= 4 is 11.3 Å². The van der Waals surface area contributed by atoms with Gasteiger partial charge < -0.3 is 9.15 Å². The Morgan fingerprint density at radius 3 is 2.92 bits per heavy atom. The third-order valence-corrected chi connectivity index (χ3v) is 5.45. The number of ether oxygens (including phenoxy) is 1. The fourth-order valence-corrected chi connectivity index (χ4v) is 4.10. The molecule has 1 atom stereocenters. The lowest BCUT2D eigenvalue weighted by atomic mass is 10.0. The molecule has 1 aliphatic rings. The summed E-state index contributed by atoms with van der Waals surface area (Å²) in [6.07, 6.45) is 4.19. The first kappa shape index (κ1) is 16.4. The van der Waals surface area contributed by atoms with Gasteiger partial charge in [-0.05, 0) is 55.5 Å². The Kier molecular flexibility index (Phi) is 4.85. The molecule has 0 amide bonds. The molecule has 1 aliphatic heterocycles. The lowest BCUT2D eigenvalue weighted by molar-refractivity contribution is 0.245. The Bertz CT molecular complexity index is 795. The summed E-state index contributed by atoms with van der Waals surface area (Å²) in [6, 6.07) is 13.0. The Morgan fingerprint density at radius 2 is 2.16 bits per heavy atom. The van der Waals surface area contributed by atoms with Crippen LogP contribution in [0.2, 0.25) is 0 Å². The van der Waals surface area contributed by atoms with Crippen LogP contribution in [0.15, 0.2) is 52.5 Å². The van der Waals surface area contributed by atoms with Crippen molar-refractivity contribution in [2.24, 2.45) is 0 Å². The molecule has 25 heavy (non-hydrogen) atoms. The largest absolute Gasteiger partial charge is 0.494 e. The van der Waals surface area contributed by atoms with E-state index in [1.165, 1.54) is 18.4 Å². The smallest absolute Gasteiger partial charge is 0.236 e. The number of aromatic nitrogens is 1. The molecular formula is C20H22N2O2S. The summed E-state index contributed by atoms with van der Waals surface area (Å²) in [6.45, 7) is 4.63. The highest BCUT2D eigenvalue weighted by molar-refractivity contribution is 7.13. The lowest BCUT2D eigenvalue weighted by Gasteiger charge is -2.24. The second kappa shape index (κ2) is 7.42. The molecule has 3 heterocycles. The standard InChI is InChI=1S/C20H22N2O2S/c1-2-23-17-9-7-15(8-10-17)18-5-3-11-22(18)13-16-14-24-20(21-16)19-6-4-12-25-19/h4,6-10,12,14,18H,2-3,5,11,13H2,1H3/t18-/m1/s1. The van der Waals surface area contributed by atoms with Crippen molar-refractivity contribution in [3.63, 3.8) is 0 Å². The van der Waals surface area contributed by atoms with Crippen LogP contribution < -0.4 is 4.74 Å². The molecule has 0 saturated carbocycles. The van der Waals surface area contributed by atoms with E-state index in [0.29, 0.717) is 12.6 Å². The number of thiophene rings is 1. The van der Waals surface area contributed by atoms with E-state index in [1.54, 1.807) is 17.6 Å². The monoisotopic (exact) mass is 354 g/mol. The van der Waals surface area contributed by atoms with E-state index >= 15 is 0 Å². The number of rotatable bonds is 6. The summed E-state index contributed by atoms with van der Waals surface area (Å²) in [5, 5.41) is 2.04. The highest BCUT2D eigenvalue weighted by Gasteiger charge is 2.27. The van der Waals surface area contributed by atoms with Gasteiger partial charge in [0.1, 0.15) is 12.0 Å². The first-order valence-corrected chi connectivity index (χ1v) is 9.66. The molecule has 0 N–H and O–H groups in total. The molecule has 0 unspecified atom stereocenters. The van der Waals surface area contributed by atoms with E-state index < -0.39 is 0 Å². The summed E-state index contributed by atoms with van der Waals surface area (Å²) in [5.74, 6) is 1.66. The minimum Gasteiger partial charge on any atom is -0.494 e. The van der Waals surface area contributed by atoms with E-state index in [1.807, 2.05) is 24.4 Å². The predicted molar refractivity (Wildman–Crippen MR) is 99.8 cm³/mol. The van der Waals surface area contributed by atoms with Gasteiger partial charge in [0.2, 0.25) is 5.89 Å². The molecule has 3 aromatic rings. The van der Waals surface area contributed by atoms with Gasteiger partial charge in [-0.2, -0.15) is 0 Å². The quantitative estimate of drug-likeness (QED) is 0.614. The number of likely N-dealkylation sites (tertiary alicyclic amines) is 1. The minimum absolute atomic E-state index is 0.442. The van der Waals surface area contributed by atoms with Crippen molar-refractivity contribution in [2.45, 2.75) is 32.4 Å². The first-order valence-electron chi connectivity index (χ1n) is 8.78. The van der Waals surface area contributed by atoms with Gasteiger partial charge in [0, 0.05) is 12.6 Å². The van der Waals surface area contributed by atoms with Gasteiger partial charge in [-0.15, -0.1) is 11.3 Å². The number of nitrogens with zero attached hydrogens (tertiary/aromatic N) is 2. The van der Waals surface area contributed by atoms with Gasteiger partial charge in [-0.3, -0.25) is 4.90 Å². The fourth-order valence-electron chi connectivity index (χ4n) is 3.45. The number of hydrogen-bond acceptors (Lipinski definition) is 5. The van der Waals surface area contributed by atoms with Crippen LogP contribution in [0.4, 0.5) is 0 Å². The average molecular weight is 354 g/mol. The predicted octanol–water partition coefficient (Wildman–Crippen LogP) is 5.14. The van der Waals surface area contributed by atoms with Crippen LogP contribution >= 0.6 is 11.3 Å². The van der Waals surface area contributed by atoms with Crippen LogP contribution in [-0.2, 0) is 6.54 Å². The summed E-state index contributed by atoms with van der Waals surface area (Å²) in [5.41, 5.74) is 2.35. The summed E-state index contributed by atoms with van der Waals surface area (Å²) in [7, 11) is 0. The van der Waals surface area contributed by atoms with Crippen molar-refractivity contribution in [3.05, 3.63) is 59.3 Å². The van der Waals surface area contributed by atoms with Crippen LogP contribution in [0, 0.1) is 0 Å². The Labute approximate surface area is 152 Å². The van der Waals surface area contributed by atoms with E-state index in [0.717, 1.165) is 35.3 Å². The molecule has 0 spiro atoms. The molecule has 2 aromatic heterocycles. The molecule has 0 aliphatic carbocycles. The fraction of sp³-hybridized carbons (Fsp3) is 0.350. The molecule has 0 radical (unpaired) electrons. The topological polar surface area (TPSA) is 38.5 Å². The number of hydrogen-bond donors (Lipinski definition) is 0. The van der Waals surface area contributed by atoms with E-state index in [9.17, 15) is 0 Å². The van der Waals surface area contributed by atoms with Crippen LogP contribution in [0.5, 0.6) is 5.75 Å². The van der Waals surface area contributed by atoms with E-state index in [-0.39, 0.29) is 0 Å². The van der Waals surface area contributed by atoms with Crippen molar-refractivity contribution in [2.75, 3.05) is 13.2 Å². The zero-order valence-electron chi connectivity index (χ0n) is 14.4. The lowest BCUT2D eigenvalue weighted by Crippen LogP contribution is -2.22. The highest BCUT2D eigenvalue weighted by Crippen LogP contribution is 2.34. The number of oxazole rings is 1. The maximum absolute atomic E-state index is 5.66. The maximum atomic E-state index is 5.66. The molecular weight excluding hydrogens is 332 g/mol. The SMILES string of the molecule is CCOc1ccc([C@H]2CCCN2Cc2coc(-c3cccs3)n2)cc1. The van der Waals surface area contributed by atoms with Gasteiger partial charge in [0.25, 0.3) is 0 Å². The van der Waals surface area contributed by atoms with Crippen LogP contribution in [0.3, 0.4) is 0 Å².